The van der Waals surface area contributed by atoms with Crippen LogP contribution in [-0.2, 0) is 9.59 Å². The third-order valence-corrected chi connectivity index (χ3v) is 10.7. The van der Waals surface area contributed by atoms with Crippen molar-refractivity contribution in [1.82, 2.24) is 0 Å². The van der Waals surface area contributed by atoms with Gasteiger partial charge >= 0.3 is 5.97 Å². The number of hydrogen-bond donors (Lipinski definition) is 3. The Morgan fingerprint density at radius 1 is 1.13 bits per heavy atom. The van der Waals surface area contributed by atoms with E-state index in [0.717, 1.165) is 32.1 Å². The molecule has 0 aliphatic heterocycles. The number of fused-ring (bicyclic) bond motifs is 5. The van der Waals surface area contributed by atoms with Crippen LogP contribution in [0.3, 0.4) is 0 Å². The van der Waals surface area contributed by atoms with Crippen molar-refractivity contribution in [1.29, 1.82) is 0 Å². The van der Waals surface area contributed by atoms with E-state index in [0.29, 0.717) is 36.9 Å². The van der Waals surface area contributed by atoms with Crippen molar-refractivity contribution in [2.75, 3.05) is 0 Å². The molecule has 5 nitrogen and oxygen atoms in total. The van der Waals surface area contributed by atoms with Gasteiger partial charge in [-0.1, -0.05) is 34.1 Å². The lowest BCUT2D eigenvalue weighted by Crippen LogP contribution is -2.64. The summed E-state index contributed by atoms with van der Waals surface area (Å²) in [6.07, 6.45) is 5.88. The molecule has 3 N–H and O–H groups in total. The maximum Gasteiger partial charge on any atom is 0.303 e. The molecule has 0 bridgehead atoms. The zero-order valence-electron chi connectivity index (χ0n) is 19.7. The summed E-state index contributed by atoms with van der Waals surface area (Å²) in [5.74, 6) is 0.743. The first-order valence-electron chi connectivity index (χ1n) is 12.6. The molecule has 4 saturated carbocycles. The number of carboxylic acids is 1. The van der Waals surface area contributed by atoms with Crippen LogP contribution in [0.15, 0.2) is 0 Å². The molecule has 0 heterocycles. The molecule has 0 aromatic heterocycles. The molecule has 0 saturated heterocycles. The van der Waals surface area contributed by atoms with Gasteiger partial charge in [0, 0.05) is 18.8 Å². The average Bonchev–Trinajstić information content (AvgIpc) is 3.04. The minimum absolute atomic E-state index is 0.00404. The molecule has 5 heteroatoms. The number of carbonyl (C=O) groups is 2. The number of ketones is 1. The molecule has 0 spiro atoms. The highest BCUT2D eigenvalue weighted by Crippen LogP contribution is 2.68. The highest BCUT2D eigenvalue weighted by Gasteiger charge is 2.67. The summed E-state index contributed by atoms with van der Waals surface area (Å²) >= 11 is 0. The molecule has 4 aliphatic carbocycles. The van der Waals surface area contributed by atoms with Crippen LogP contribution < -0.4 is 0 Å². The van der Waals surface area contributed by atoms with Crippen molar-refractivity contribution in [3.05, 3.63) is 0 Å². The van der Waals surface area contributed by atoms with E-state index >= 15 is 0 Å². The van der Waals surface area contributed by atoms with Crippen LogP contribution in [0.4, 0.5) is 0 Å². The van der Waals surface area contributed by atoms with Gasteiger partial charge < -0.3 is 15.3 Å². The van der Waals surface area contributed by atoms with Crippen molar-refractivity contribution in [3.8, 4) is 0 Å². The monoisotopic (exact) mass is 434 g/mol. The van der Waals surface area contributed by atoms with Gasteiger partial charge in [0.05, 0.1) is 12.2 Å². The minimum atomic E-state index is -0.752. The zero-order chi connectivity index (χ0) is 22.7. The lowest BCUT2D eigenvalue weighted by atomic mass is 9.41. The molecule has 0 amide bonds. The van der Waals surface area contributed by atoms with Crippen LogP contribution in [0.5, 0.6) is 0 Å². The van der Waals surface area contributed by atoms with Gasteiger partial charge in [-0.2, -0.15) is 0 Å². The fraction of sp³-hybridized carbons (Fsp3) is 0.923. The van der Waals surface area contributed by atoms with Gasteiger partial charge in [0.15, 0.2) is 0 Å². The van der Waals surface area contributed by atoms with Gasteiger partial charge in [-0.05, 0) is 84.9 Å². The van der Waals surface area contributed by atoms with E-state index in [1.165, 1.54) is 0 Å². The van der Waals surface area contributed by atoms with E-state index < -0.39 is 12.1 Å². The Bertz CT molecular complexity index is 721. The molecule has 11 unspecified atom stereocenters. The second-order valence-electron chi connectivity index (χ2n) is 12.0. The molecule has 4 aliphatic rings. The van der Waals surface area contributed by atoms with E-state index in [1.807, 2.05) is 0 Å². The van der Waals surface area contributed by atoms with Crippen molar-refractivity contribution in [2.45, 2.75) is 97.7 Å². The first-order valence-corrected chi connectivity index (χ1v) is 12.6. The summed E-state index contributed by atoms with van der Waals surface area (Å²) in [5.41, 5.74) is -0.276. The van der Waals surface area contributed by atoms with E-state index in [2.05, 4.69) is 27.7 Å². The molecule has 0 aromatic rings. The second-order valence-corrected chi connectivity index (χ2v) is 12.0. The molecule has 31 heavy (non-hydrogen) atoms. The Kier molecular flexibility index (Phi) is 6.09. The summed E-state index contributed by atoms with van der Waals surface area (Å²) in [4.78, 5) is 24.9. The summed E-state index contributed by atoms with van der Waals surface area (Å²) in [7, 11) is 0. The molecule has 11 atom stereocenters. The van der Waals surface area contributed by atoms with Gasteiger partial charge in [0.25, 0.3) is 0 Å². The van der Waals surface area contributed by atoms with Crippen molar-refractivity contribution < 1.29 is 24.9 Å². The third-order valence-electron chi connectivity index (χ3n) is 10.7. The predicted molar refractivity (Wildman–Crippen MR) is 118 cm³/mol. The van der Waals surface area contributed by atoms with Crippen LogP contribution in [-0.4, -0.2) is 39.3 Å². The molecule has 176 valence electrons. The van der Waals surface area contributed by atoms with Crippen LogP contribution in [0.25, 0.3) is 0 Å². The summed E-state index contributed by atoms with van der Waals surface area (Å²) < 4.78 is 0. The van der Waals surface area contributed by atoms with Crippen LogP contribution in [0.2, 0.25) is 0 Å². The molecule has 0 radical (unpaired) electrons. The van der Waals surface area contributed by atoms with Gasteiger partial charge in [0.2, 0.25) is 0 Å². The molecule has 4 fully saturated rings. The Labute approximate surface area is 187 Å². The number of rotatable bonds is 5. The number of hydrogen-bond acceptors (Lipinski definition) is 4. The van der Waals surface area contributed by atoms with Gasteiger partial charge in [-0.15, -0.1) is 0 Å². The predicted octanol–water partition coefficient (Wildman–Crippen LogP) is 4.29. The molecular formula is C26H42O5. The first-order chi connectivity index (χ1) is 14.5. The number of carboxylic acid groups (broad SMARTS) is 1. The number of carbonyl (C=O) groups excluding carboxylic acids is 1. The van der Waals surface area contributed by atoms with Crippen molar-refractivity contribution in [3.63, 3.8) is 0 Å². The second kappa shape index (κ2) is 8.13. The number of aliphatic hydroxyl groups excluding tert-OH is 2. The third kappa shape index (κ3) is 3.49. The van der Waals surface area contributed by atoms with E-state index in [1.54, 1.807) is 0 Å². The van der Waals surface area contributed by atoms with Gasteiger partial charge in [-0.3, -0.25) is 9.59 Å². The zero-order valence-corrected chi connectivity index (χ0v) is 19.7. The molecule has 4 rings (SSSR count). The largest absolute Gasteiger partial charge is 0.481 e. The number of Topliss-reactive ketones (excluding diaryl/α,β-unsaturated/α-hetero) is 1. The van der Waals surface area contributed by atoms with Crippen LogP contribution in [0, 0.1) is 52.3 Å². The van der Waals surface area contributed by atoms with E-state index in [9.17, 15) is 19.8 Å². The standard InChI is InChI=1S/C26H42O5/c1-5-16-19-12-15(27)10-11-25(19,3)23-20(28)13-26(4)17(14(2)6-9-21(29)30)7-8-18(26)22(23)24(16)31/h14-19,22-24,27,31H,5-13H2,1-4H3,(H,29,30). The summed E-state index contributed by atoms with van der Waals surface area (Å²) in [5, 5.41) is 31.2. The SMILES string of the molecule is CCC1C(O)C2C3CCC(C(C)CCC(=O)O)C3(C)CC(=O)C2C2(C)CCC(O)CC12. The highest BCUT2D eigenvalue weighted by atomic mass is 16.4. The topological polar surface area (TPSA) is 94.8 Å². The highest BCUT2D eigenvalue weighted by molar-refractivity contribution is 5.84. The lowest BCUT2D eigenvalue weighted by molar-refractivity contribution is -0.202. The maximum absolute atomic E-state index is 13.8. The maximum atomic E-state index is 13.8. The Morgan fingerprint density at radius 2 is 1.84 bits per heavy atom. The Morgan fingerprint density at radius 3 is 2.48 bits per heavy atom. The van der Waals surface area contributed by atoms with Crippen LogP contribution in [0.1, 0.15) is 85.5 Å². The Balaban J connectivity index is 1.67. The first kappa shape index (κ1) is 23.2. The normalized spacial score (nSPS) is 50.3. The fourth-order valence-corrected chi connectivity index (χ4v) is 9.29. The number of aliphatic hydroxyl groups is 2. The molecular weight excluding hydrogens is 392 g/mol. The molecule has 0 aromatic carbocycles. The van der Waals surface area contributed by atoms with Gasteiger partial charge in [-0.25, -0.2) is 0 Å². The minimum Gasteiger partial charge on any atom is -0.481 e. The quantitative estimate of drug-likeness (QED) is 0.600. The average molecular weight is 435 g/mol. The van der Waals surface area contributed by atoms with Crippen molar-refractivity contribution in [2.24, 2.45) is 52.3 Å². The number of aliphatic carboxylic acids is 1. The smallest absolute Gasteiger partial charge is 0.303 e. The van der Waals surface area contributed by atoms with Gasteiger partial charge in [0.1, 0.15) is 5.78 Å². The fourth-order valence-electron chi connectivity index (χ4n) is 9.29. The summed E-state index contributed by atoms with van der Waals surface area (Å²) in [6, 6.07) is 0. The van der Waals surface area contributed by atoms with E-state index in [4.69, 9.17) is 5.11 Å². The van der Waals surface area contributed by atoms with Crippen LogP contribution >= 0.6 is 0 Å². The van der Waals surface area contributed by atoms with E-state index in [-0.39, 0.29) is 52.9 Å². The van der Waals surface area contributed by atoms with Crippen molar-refractivity contribution >= 4 is 11.8 Å². The summed E-state index contributed by atoms with van der Waals surface area (Å²) in [6.45, 7) is 8.83. The Hall–Kier alpha value is -0.940. The lowest BCUT2D eigenvalue weighted by Gasteiger charge is -2.63.